The zero-order valence-electron chi connectivity index (χ0n) is 10.5. The van der Waals surface area contributed by atoms with Crippen LogP contribution >= 0.6 is 0 Å². The van der Waals surface area contributed by atoms with Gasteiger partial charge < -0.3 is 4.90 Å². The van der Waals surface area contributed by atoms with Gasteiger partial charge in [-0.2, -0.15) is 0 Å². The fraction of sp³-hybridized carbons (Fsp3) is 0.417. The summed E-state index contributed by atoms with van der Waals surface area (Å²) in [5, 5.41) is 0. The van der Waals surface area contributed by atoms with Crippen molar-refractivity contribution in [3.63, 3.8) is 0 Å². The molecule has 0 aliphatic rings. The molecule has 17 heavy (non-hydrogen) atoms. The molecule has 0 saturated carbocycles. The maximum atomic E-state index is 11.8. The van der Waals surface area contributed by atoms with Gasteiger partial charge in [-0.3, -0.25) is 4.79 Å². The Bertz CT molecular complexity index is 533. The third kappa shape index (κ3) is 3.06. The van der Waals surface area contributed by atoms with E-state index < -0.39 is 9.84 Å². The number of hydrogen-bond donors (Lipinski definition) is 0. The molecule has 0 aromatic heterocycles. The van der Waals surface area contributed by atoms with Crippen LogP contribution in [0.1, 0.15) is 22.8 Å². The van der Waals surface area contributed by atoms with E-state index in [1.165, 1.54) is 11.0 Å². The highest BCUT2D eigenvalue weighted by Crippen LogP contribution is 2.19. The third-order valence-electron chi connectivity index (χ3n) is 2.50. The van der Waals surface area contributed by atoms with Gasteiger partial charge in [0.25, 0.3) is 5.91 Å². The summed E-state index contributed by atoms with van der Waals surface area (Å²) in [6, 6.07) is 4.82. The standard InChI is InChI=1S/C12H17NO3S/c1-5-9-6-7-10(12(14)13(2)3)8-11(9)17(4,15)16/h6-8H,5H2,1-4H3. The lowest BCUT2D eigenvalue weighted by Gasteiger charge is -2.12. The Labute approximate surface area is 102 Å². The Kier molecular flexibility index (Phi) is 3.93. The minimum Gasteiger partial charge on any atom is -0.345 e. The smallest absolute Gasteiger partial charge is 0.253 e. The van der Waals surface area contributed by atoms with Gasteiger partial charge in [-0.15, -0.1) is 0 Å². The molecule has 1 aromatic rings. The number of hydrogen-bond acceptors (Lipinski definition) is 3. The predicted molar refractivity (Wildman–Crippen MR) is 66.9 cm³/mol. The van der Waals surface area contributed by atoms with Gasteiger partial charge in [0.05, 0.1) is 4.90 Å². The Morgan fingerprint density at radius 3 is 2.29 bits per heavy atom. The molecule has 0 N–H and O–H groups in total. The van der Waals surface area contributed by atoms with Gasteiger partial charge >= 0.3 is 0 Å². The lowest BCUT2D eigenvalue weighted by molar-refractivity contribution is 0.0827. The van der Waals surface area contributed by atoms with E-state index >= 15 is 0 Å². The van der Waals surface area contributed by atoms with Crippen molar-refractivity contribution in [3.8, 4) is 0 Å². The summed E-state index contributed by atoms with van der Waals surface area (Å²) in [7, 11) is -0.0278. The van der Waals surface area contributed by atoms with Crippen molar-refractivity contribution < 1.29 is 13.2 Å². The fourth-order valence-corrected chi connectivity index (χ4v) is 2.61. The first-order valence-corrected chi connectivity index (χ1v) is 7.21. The lowest BCUT2D eigenvalue weighted by atomic mass is 10.1. The van der Waals surface area contributed by atoms with E-state index in [9.17, 15) is 13.2 Å². The SMILES string of the molecule is CCc1ccc(C(=O)N(C)C)cc1S(C)(=O)=O. The van der Waals surface area contributed by atoms with E-state index in [4.69, 9.17) is 0 Å². The van der Waals surface area contributed by atoms with E-state index in [2.05, 4.69) is 0 Å². The third-order valence-corrected chi connectivity index (χ3v) is 3.68. The molecule has 0 aliphatic carbocycles. The van der Waals surface area contributed by atoms with Crippen LogP contribution in [0.3, 0.4) is 0 Å². The first kappa shape index (κ1) is 13.7. The van der Waals surface area contributed by atoms with Crippen LogP contribution < -0.4 is 0 Å². The molecule has 5 heteroatoms. The molecule has 1 aromatic carbocycles. The fourth-order valence-electron chi connectivity index (χ4n) is 1.58. The molecule has 94 valence electrons. The minimum atomic E-state index is -3.30. The molecule has 0 fully saturated rings. The molecule has 0 saturated heterocycles. The van der Waals surface area contributed by atoms with Crippen LogP contribution in [-0.4, -0.2) is 39.6 Å². The topological polar surface area (TPSA) is 54.5 Å². The molecular weight excluding hydrogens is 238 g/mol. The van der Waals surface area contributed by atoms with Crippen molar-refractivity contribution in [3.05, 3.63) is 29.3 Å². The Hall–Kier alpha value is -1.36. The normalized spacial score (nSPS) is 11.3. The van der Waals surface area contributed by atoms with E-state index in [0.29, 0.717) is 12.0 Å². The molecule has 0 heterocycles. The van der Waals surface area contributed by atoms with Crippen molar-refractivity contribution in [1.29, 1.82) is 0 Å². The first-order chi connectivity index (χ1) is 7.77. The lowest BCUT2D eigenvalue weighted by Crippen LogP contribution is -2.22. The Balaban J connectivity index is 3.38. The van der Waals surface area contributed by atoms with Crippen molar-refractivity contribution >= 4 is 15.7 Å². The zero-order chi connectivity index (χ0) is 13.2. The molecule has 0 atom stereocenters. The van der Waals surface area contributed by atoms with Gasteiger partial charge in [-0.05, 0) is 24.1 Å². The highest BCUT2D eigenvalue weighted by Gasteiger charge is 2.16. The van der Waals surface area contributed by atoms with E-state index in [0.717, 1.165) is 11.8 Å². The molecule has 0 unspecified atom stereocenters. The summed E-state index contributed by atoms with van der Waals surface area (Å²) in [5.41, 5.74) is 1.13. The van der Waals surface area contributed by atoms with Crippen LogP contribution in [0.2, 0.25) is 0 Å². The monoisotopic (exact) mass is 255 g/mol. The van der Waals surface area contributed by atoms with Crippen molar-refractivity contribution in [2.75, 3.05) is 20.4 Å². The van der Waals surface area contributed by atoms with E-state index in [1.54, 1.807) is 26.2 Å². The molecule has 1 rings (SSSR count). The number of benzene rings is 1. The average Bonchev–Trinajstić information content (AvgIpc) is 2.25. The van der Waals surface area contributed by atoms with Crippen LogP contribution in [0.4, 0.5) is 0 Å². The quantitative estimate of drug-likeness (QED) is 0.819. The largest absolute Gasteiger partial charge is 0.345 e. The van der Waals surface area contributed by atoms with Gasteiger partial charge in [0.1, 0.15) is 0 Å². The maximum absolute atomic E-state index is 11.8. The molecule has 4 nitrogen and oxygen atoms in total. The van der Waals surface area contributed by atoms with Crippen LogP contribution in [-0.2, 0) is 16.3 Å². The molecule has 0 bridgehead atoms. The van der Waals surface area contributed by atoms with Gasteiger partial charge in [0.15, 0.2) is 9.84 Å². The minimum absolute atomic E-state index is 0.197. The molecule has 0 radical (unpaired) electrons. The summed E-state index contributed by atoms with van der Waals surface area (Å²) >= 11 is 0. The number of aryl methyl sites for hydroxylation is 1. The first-order valence-electron chi connectivity index (χ1n) is 5.32. The maximum Gasteiger partial charge on any atom is 0.253 e. The van der Waals surface area contributed by atoms with Crippen LogP contribution in [0.15, 0.2) is 23.1 Å². The van der Waals surface area contributed by atoms with Crippen LogP contribution in [0.5, 0.6) is 0 Å². The van der Waals surface area contributed by atoms with Crippen molar-refractivity contribution in [2.45, 2.75) is 18.2 Å². The number of sulfone groups is 1. The summed E-state index contributed by atoms with van der Waals surface area (Å²) in [5.74, 6) is -0.197. The predicted octanol–water partition coefficient (Wildman–Crippen LogP) is 1.35. The molecule has 0 spiro atoms. The number of carbonyl (C=O) groups is 1. The van der Waals surface area contributed by atoms with Crippen molar-refractivity contribution in [1.82, 2.24) is 4.90 Å². The number of carbonyl (C=O) groups excluding carboxylic acids is 1. The Morgan fingerprint density at radius 1 is 1.29 bits per heavy atom. The number of amides is 1. The number of rotatable bonds is 3. The molecule has 1 amide bonds. The summed E-state index contributed by atoms with van der Waals surface area (Å²) in [6.07, 6.45) is 1.78. The second-order valence-electron chi connectivity index (χ2n) is 4.15. The second-order valence-corrected chi connectivity index (χ2v) is 6.13. The molecular formula is C12H17NO3S. The highest BCUT2D eigenvalue weighted by molar-refractivity contribution is 7.90. The Morgan fingerprint density at radius 2 is 1.88 bits per heavy atom. The average molecular weight is 255 g/mol. The summed E-state index contributed by atoms with van der Waals surface area (Å²) < 4.78 is 23.3. The highest BCUT2D eigenvalue weighted by atomic mass is 32.2. The molecule has 0 aliphatic heterocycles. The van der Waals surface area contributed by atoms with Gasteiger partial charge in [0.2, 0.25) is 0 Å². The summed E-state index contributed by atoms with van der Waals surface area (Å²) in [6.45, 7) is 1.89. The van der Waals surface area contributed by atoms with E-state index in [1.807, 2.05) is 6.92 Å². The van der Waals surface area contributed by atoms with Gasteiger partial charge in [-0.25, -0.2) is 8.42 Å². The van der Waals surface area contributed by atoms with Gasteiger partial charge in [-0.1, -0.05) is 13.0 Å². The number of nitrogens with zero attached hydrogens (tertiary/aromatic N) is 1. The second kappa shape index (κ2) is 4.87. The van der Waals surface area contributed by atoms with Gasteiger partial charge in [0, 0.05) is 25.9 Å². The zero-order valence-corrected chi connectivity index (χ0v) is 11.3. The summed E-state index contributed by atoms with van der Waals surface area (Å²) in [4.78, 5) is 13.4. The van der Waals surface area contributed by atoms with Crippen molar-refractivity contribution in [2.24, 2.45) is 0 Å². The van der Waals surface area contributed by atoms with E-state index in [-0.39, 0.29) is 10.8 Å². The van der Waals surface area contributed by atoms with Crippen LogP contribution in [0, 0.1) is 0 Å². The van der Waals surface area contributed by atoms with Crippen LogP contribution in [0.25, 0.3) is 0 Å².